The van der Waals surface area contributed by atoms with Crippen LogP contribution in [0.2, 0.25) is 0 Å². The van der Waals surface area contributed by atoms with Crippen LogP contribution in [0.3, 0.4) is 0 Å². The molecule has 1 atom stereocenters. The number of hydrogen-bond acceptors (Lipinski definition) is 5. The molecule has 1 fully saturated rings. The molecule has 1 amide bonds. The molecule has 2 N–H and O–H groups in total. The van der Waals surface area contributed by atoms with E-state index in [1.165, 1.54) is 22.5 Å². The van der Waals surface area contributed by atoms with Gasteiger partial charge in [0.1, 0.15) is 0 Å². The molecular formula is C20H20BrN3O5S. The lowest BCUT2D eigenvalue weighted by atomic mass is 9.98. The molecule has 8 nitrogen and oxygen atoms in total. The van der Waals surface area contributed by atoms with E-state index in [1.54, 1.807) is 6.07 Å². The number of amides is 1. The van der Waals surface area contributed by atoms with Crippen molar-refractivity contribution >= 4 is 48.6 Å². The predicted molar refractivity (Wildman–Crippen MR) is 116 cm³/mol. The maximum Gasteiger partial charge on any atom is 0.417 e. The van der Waals surface area contributed by atoms with Gasteiger partial charge in [0, 0.05) is 29.3 Å². The lowest BCUT2D eigenvalue weighted by Gasteiger charge is -2.31. The van der Waals surface area contributed by atoms with Crippen LogP contribution in [0.4, 0.5) is 5.69 Å². The third-order valence-electron chi connectivity index (χ3n) is 5.21. The van der Waals surface area contributed by atoms with E-state index in [4.69, 9.17) is 4.42 Å². The third-order valence-corrected chi connectivity index (χ3v) is 7.96. The van der Waals surface area contributed by atoms with Crippen molar-refractivity contribution in [2.45, 2.75) is 24.7 Å². The first-order valence-corrected chi connectivity index (χ1v) is 11.7. The molecule has 158 valence electrons. The number of oxazole rings is 1. The fourth-order valence-corrected chi connectivity index (χ4v) is 5.36. The van der Waals surface area contributed by atoms with E-state index in [0.29, 0.717) is 30.6 Å². The SMILES string of the molecule is Cc1cc(NC(=O)C2CCCN(S(=O)(=O)c3ccc4[nH]c(=O)oc4c3)C2)ccc1Br. The summed E-state index contributed by atoms with van der Waals surface area (Å²) in [5.41, 5.74) is 2.28. The molecule has 1 aromatic heterocycles. The van der Waals surface area contributed by atoms with Crippen molar-refractivity contribution in [3.63, 3.8) is 0 Å². The minimum atomic E-state index is -3.82. The summed E-state index contributed by atoms with van der Waals surface area (Å²) < 4.78 is 33.5. The van der Waals surface area contributed by atoms with Gasteiger partial charge in [0.15, 0.2) is 5.58 Å². The zero-order valence-corrected chi connectivity index (χ0v) is 18.5. The molecule has 0 radical (unpaired) electrons. The fraction of sp³-hybridized carbons (Fsp3) is 0.300. The summed E-state index contributed by atoms with van der Waals surface area (Å²) in [7, 11) is -3.82. The molecule has 1 aliphatic heterocycles. The number of fused-ring (bicyclic) bond motifs is 1. The zero-order chi connectivity index (χ0) is 21.5. The second-order valence-electron chi connectivity index (χ2n) is 7.33. The average Bonchev–Trinajstić information content (AvgIpc) is 3.10. The molecule has 0 saturated carbocycles. The maximum absolute atomic E-state index is 13.1. The molecule has 3 aromatic rings. The van der Waals surface area contributed by atoms with Crippen molar-refractivity contribution in [3.05, 3.63) is 57.0 Å². The van der Waals surface area contributed by atoms with Crippen LogP contribution >= 0.6 is 15.9 Å². The minimum absolute atomic E-state index is 0.0299. The van der Waals surface area contributed by atoms with Gasteiger partial charge in [-0.05, 0) is 55.7 Å². The second-order valence-corrected chi connectivity index (χ2v) is 10.1. The molecule has 2 heterocycles. The Kier molecular flexibility index (Phi) is 5.56. The molecule has 0 spiro atoms. The first kappa shape index (κ1) is 20.8. The Balaban J connectivity index is 1.52. The summed E-state index contributed by atoms with van der Waals surface area (Å²) in [6.07, 6.45) is 1.19. The monoisotopic (exact) mass is 493 g/mol. The number of nitrogens with one attached hydrogen (secondary N) is 2. The second kappa shape index (κ2) is 8.01. The summed E-state index contributed by atoms with van der Waals surface area (Å²) in [4.78, 5) is 26.6. The molecule has 1 unspecified atom stereocenters. The largest absolute Gasteiger partial charge is 0.417 e. The van der Waals surface area contributed by atoms with Gasteiger partial charge < -0.3 is 9.73 Å². The number of hydrogen-bond donors (Lipinski definition) is 2. The number of aromatic nitrogens is 1. The maximum atomic E-state index is 13.1. The first-order valence-electron chi connectivity index (χ1n) is 9.44. The molecule has 1 saturated heterocycles. The van der Waals surface area contributed by atoms with E-state index < -0.39 is 21.7 Å². The van der Waals surface area contributed by atoms with Crippen LogP contribution in [0.5, 0.6) is 0 Å². The van der Waals surface area contributed by atoms with Crippen molar-refractivity contribution in [1.29, 1.82) is 0 Å². The van der Waals surface area contributed by atoms with Gasteiger partial charge in [0.2, 0.25) is 15.9 Å². The van der Waals surface area contributed by atoms with Gasteiger partial charge in [0.05, 0.1) is 16.3 Å². The number of nitrogens with zero attached hydrogens (tertiary/aromatic N) is 1. The number of halogens is 1. The van der Waals surface area contributed by atoms with Crippen LogP contribution in [-0.2, 0) is 14.8 Å². The highest BCUT2D eigenvalue weighted by molar-refractivity contribution is 9.10. The summed E-state index contributed by atoms with van der Waals surface area (Å²) in [6, 6.07) is 9.77. The summed E-state index contributed by atoms with van der Waals surface area (Å²) in [5.74, 6) is -1.30. The predicted octanol–water partition coefficient (Wildman–Crippen LogP) is 3.23. The van der Waals surface area contributed by atoms with E-state index in [2.05, 4.69) is 26.2 Å². The van der Waals surface area contributed by atoms with Gasteiger partial charge >= 0.3 is 5.76 Å². The first-order chi connectivity index (χ1) is 14.2. The Morgan fingerprint density at radius 3 is 2.83 bits per heavy atom. The van der Waals surface area contributed by atoms with Gasteiger partial charge in [-0.2, -0.15) is 4.31 Å². The van der Waals surface area contributed by atoms with Crippen LogP contribution in [0, 0.1) is 12.8 Å². The Bertz CT molecular complexity index is 1280. The number of carbonyl (C=O) groups is 1. The van der Waals surface area contributed by atoms with Gasteiger partial charge in [-0.1, -0.05) is 15.9 Å². The van der Waals surface area contributed by atoms with Gasteiger partial charge in [-0.3, -0.25) is 9.78 Å². The number of piperidine rings is 1. The van der Waals surface area contributed by atoms with Crippen LogP contribution in [0.25, 0.3) is 11.1 Å². The number of anilines is 1. The third kappa shape index (κ3) is 4.07. The topological polar surface area (TPSA) is 112 Å². The quantitative estimate of drug-likeness (QED) is 0.579. The van der Waals surface area contributed by atoms with Crippen LogP contribution in [-0.4, -0.2) is 36.7 Å². The van der Waals surface area contributed by atoms with E-state index in [1.807, 2.05) is 19.1 Å². The van der Waals surface area contributed by atoms with Crippen molar-refractivity contribution in [1.82, 2.24) is 9.29 Å². The highest BCUT2D eigenvalue weighted by atomic mass is 79.9. The van der Waals surface area contributed by atoms with Gasteiger partial charge in [0.25, 0.3) is 0 Å². The van der Waals surface area contributed by atoms with Crippen LogP contribution in [0.15, 0.2) is 55.0 Å². The Labute approximate surface area is 181 Å². The highest BCUT2D eigenvalue weighted by Gasteiger charge is 2.33. The summed E-state index contributed by atoms with van der Waals surface area (Å²) in [5, 5.41) is 2.88. The molecule has 30 heavy (non-hydrogen) atoms. The van der Waals surface area contributed by atoms with Crippen LogP contribution < -0.4 is 11.1 Å². The molecule has 0 aliphatic carbocycles. The number of aromatic amines is 1. The lowest BCUT2D eigenvalue weighted by Crippen LogP contribution is -2.43. The highest BCUT2D eigenvalue weighted by Crippen LogP contribution is 2.27. The molecule has 2 aromatic carbocycles. The molecule has 0 bridgehead atoms. The minimum Gasteiger partial charge on any atom is -0.408 e. The van der Waals surface area contributed by atoms with Crippen molar-refractivity contribution in [2.75, 3.05) is 18.4 Å². The van der Waals surface area contributed by atoms with Crippen molar-refractivity contribution < 1.29 is 17.6 Å². The Morgan fingerprint density at radius 1 is 1.27 bits per heavy atom. The number of sulfonamides is 1. The van der Waals surface area contributed by atoms with E-state index >= 15 is 0 Å². The zero-order valence-electron chi connectivity index (χ0n) is 16.1. The lowest BCUT2D eigenvalue weighted by molar-refractivity contribution is -0.120. The van der Waals surface area contributed by atoms with Crippen LogP contribution in [0.1, 0.15) is 18.4 Å². The number of benzene rings is 2. The summed E-state index contributed by atoms with van der Waals surface area (Å²) in [6.45, 7) is 2.36. The molecular weight excluding hydrogens is 474 g/mol. The number of rotatable bonds is 4. The van der Waals surface area contributed by atoms with Gasteiger partial charge in [-0.15, -0.1) is 0 Å². The van der Waals surface area contributed by atoms with Gasteiger partial charge in [-0.25, -0.2) is 13.2 Å². The Morgan fingerprint density at radius 2 is 2.07 bits per heavy atom. The molecule has 1 aliphatic rings. The number of carbonyl (C=O) groups excluding carboxylic acids is 1. The molecule has 10 heteroatoms. The van der Waals surface area contributed by atoms with E-state index in [9.17, 15) is 18.0 Å². The number of H-pyrrole nitrogens is 1. The Hall–Kier alpha value is -2.43. The van der Waals surface area contributed by atoms with E-state index in [-0.39, 0.29) is 22.9 Å². The smallest absolute Gasteiger partial charge is 0.408 e. The van der Waals surface area contributed by atoms with Crippen molar-refractivity contribution in [2.24, 2.45) is 5.92 Å². The molecule has 4 rings (SSSR count). The normalized spacial score (nSPS) is 17.9. The standard InChI is InChI=1S/C20H20BrN3O5S/c1-12-9-14(4-6-16(12)21)22-19(25)13-3-2-8-24(11-13)30(27,28)15-5-7-17-18(10-15)29-20(26)23-17/h4-7,9-10,13H,2-3,8,11H2,1H3,(H,22,25)(H,23,26). The van der Waals surface area contributed by atoms with Crippen molar-refractivity contribution in [3.8, 4) is 0 Å². The summed E-state index contributed by atoms with van der Waals surface area (Å²) >= 11 is 3.43. The number of aryl methyl sites for hydroxylation is 1. The fourth-order valence-electron chi connectivity index (χ4n) is 3.58. The van der Waals surface area contributed by atoms with E-state index in [0.717, 1.165) is 10.0 Å². The average molecular weight is 494 g/mol.